The van der Waals surface area contributed by atoms with Crippen molar-refractivity contribution in [2.75, 3.05) is 0 Å². The summed E-state index contributed by atoms with van der Waals surface area (Å²) in [5.41, 5.74) is 7.07. The standard InChI is InChI=1S/C20H20N4O/c1-4-24-16-9-8-15(11-17(16)23(3)20(24)25)19-18(21-12-22-19)14-7-5-6-13(2)10-14/h5-12H,4H2,1-3H3,(H,21,22). The molecule has 0 spiro atoms. The Kier molecular flexibility index (Phi) is 3.57. The molecule has 0 bridgehead atoms. The van der Waals surface area contributed by atoms with E-state index in [0.29, 0.717) is 6.54 Å². The Morgan fingerprint density at radius 1 is 1.08 bits per heavy atom. The molecule has 2 heterocycles. The molecule has 5 nitrogen and oxygen atoms in total. The Morgan fingerprint density at radius 2 is 1.92 bits per heavy atom. The SMILES string of the molecule is CCn1c(=O)n(C)c2cc(-c3[nH]cnc3-c3cccc(C)c3)ccc21. The molecule has 0 amide bonds. The van der Waals surface area contributed by atoms with Crippen molar-refractivity contribution in [3.63, 3.8) is 0 Å². The molecule has 5 heteroatoms. The van der Waals surface area contributed by atoms with Crippen molar-refractivity contribution in [2.45, 2.75) is 20.4 Å². The summed E-state index contributed by atoms with van der Waals surface area (Å²) in [6.45, 7) is 4.72. The van der Waals surface area contributed by atoms with Crippen molar-refractivity contribution < 1.29 is 0 Å². The summed E-state index contributed by atoms with van der Waals surface area (Å²) in [6.07, 6.45) is 1.72. The van der Waals surface area contributed by atoms with E-state index in [1.54, 1.807) is 15.5 Å². The summed E-state index contributed by atoms with van der Waals surface area (Å²) in [5, 5.41) is 0. The van der Waals surface area contributed by atoms with E-state index in [0.717, 1.165) is 33.5 Å². The molecule has 4 aromatic rings. The fourth-order valence-electron chi connectivity index (χ4n) is 3.39. The van der Waals surface area contributed by atoms with Crippen molar-refractivity contribution in [1.82, 2.24) is 19.1 Å². The highest BCUT2D eigenvalue weighted by atomic mass is 16.1. The minimum Gasteiger partial charge on any atom is -0.344 e. The van der Waals surface area contributed by atoms with E-state index in [2.05, 4.69) is 41.2 Å². The van der Waals surface area contributed by atoms with Gasteiger partial charge in [-0.3, -0.25) is 9.13 Å². The predicted octanol–water partition coefficient (Wildman–Crippen LogP) is 3.73. The van der Waals surface area contributed by atoms with Crippen molar-refractivity contribution in [1.29, 1.82) is 0 Å². The van der Waals surface area contributed by atoms with E-state index in [9.17, 15) is 4.79 Å². The van der Waals surface area contributed by atoms with Gasteiger partial charge in [-0.25, -0.2) is 9.78 Å². The number of H-pyrrole nitrogens is 1. The average Bonchev–Trinajstić information content (AvgIpc) is 3.19. The molecule has 25 heavy (non-hydrogen) atoms. The van der Waals surface area contributed by atoms with Gasteiger partial charge in [0.05, 0.1) is 28.7 Å². The summed E-state index contributed by atoms with van der Waals surface area (Å²) in [6, 6.07) is 14.4. The monoisotopic (exact) mass is 332 g/mol. The molecular weight excluding hydrogens is 312 g/mol. The number of hydrogen-bond donors (Lipinski definition) is 1. The van der Waals surface area contributed by atoms with Gasteiger partial charge < -0.3 is 4.98 Å². The van der Waals surface area contributed by atoms with Crippen molar-refractivity contribution in [3.05, 3.63) is 64.8 Å². The van der Waals surface area contributed by atoms with Crippen molar-refractivity contribution in [3.8, 4) is 22.5 Å². The fourth-order valence-corrected chi connectivity index (χ4v) is 3.39. The van der Waals surface area contributed by atoms with Crippen LogP contribution in [0.3, 0.4) is 0 Å². The lowest BCUT2D eigenvalue weighted by atomic mass is 10.0. The topological polar surface area (TPSA) is 55.6 Å². The third-order valence-electron chi connectivity index (χ3n) is 4.68. The van der Waals surface area contributed by atoms with Gasteiger partial charge in [0.2, 0.25) is 0 Å². The first-order chi connectivity index (χ1) is 12.1. The quantitative estimate of drug-likeness (QED) is 0.621. The normalized spacial score (nSPS) is 11.3. The zero-order valence-electron chi connectivity index (χ0n) is 14.6. The second-order valence-electron chi connectivity index (χ2n) is 6.28. The van der Waals surface area contributed by atoms with Crippen LogP contribution < -0.4 is 5.69 Å². The van der Waals surface area contributed by atoms with Crippen LogP contribution in [-0.4, -0.2) is 19.1 Å². The second-order valence-corrected chi connectivity index (χ2v) is 6.28. The van der Waals surface area contributed by atoms with E-state index in [1.165, 1.54) is 5.56 Å². The van der Waals surface area contributed by atoms with Crippen LogP contribution in [-0.2, 0) is 13.6 Å². The van der Waals surface area contributed by atoms with Gasteiger partial charge in [0.25, 0.3) is 0 Å². The summed E-state index contributed by atoms with van der Waals surface area (Å²) in [4.78, 5) is 20.1. The van der Waals surface area contributed by atoms with E-state index in [4.69, 9.17) is 0 Å². The Hall–Kier alpha value is -3.08. The first kappa shape index (κ1) is 15.4. The van der Waals surface area contributed by atoms with Crippen LogP contribution in [0.2, 0.25) is 0 Å². The Morgan fingerprint density at radius 3 is 2.68 bits per heavy atom. The molecule has 0 aliphatic carbocycles. The summed E-state index contributed by atoms with van der Waals surface area (Å²) in [7, 11) is 1.81. The van der Waals surface area contributed by atoms with Gasteiger partial charge in [-0.2, -0.15) is 0 Å². The molecule has 1 N–H and O–H groups in total. The molecule has 0 atom stereocenters. The molecule has 0 unspecified atom stereocenters. The number of fused-ring (bicyclic) bond motifs is 1. The van der Waals surface area contributed by atoms with Crippen molar-refractivity contribution >= 4 is 11.0 Å². The molecule has 0 radical (unpaired) electrons. The van der Waals surface area contributed by atoms with Crippen LogP contribution in [0.15, 0.2) is 53.6 Å². The van der Waals surface area contributed by atoms with E-state index >= 15 is 0 Å². The van der Waals surface area contributed by atoms with Gasteiger partial charge in [-0.05, 0) is 32.0 Å². The molecule has 0 fully saturated rings. The van der Waals surface area contributed by atoms with Gasteiger partial charge in [0, 0.05) is 24.7 Å². The van der Waals surface area contributed by atoms with Gasteiger partial charge >= 0.3 is 5.69 Å². The molecule has 0 saturated heterocycles. The predicted molar refractivity (Wildman–Crippen MR) is 101 cm³/mol. The van der Waals surface area contributed by atoms with Crippen molar-refractivity contribution in [2.24, 2.45) is 7.05 Å². The Balaban J connectivity index is 1.91. The zero-order chi connectivity index (χ0) is 17.6. The van der Waals surface area contributed by atoms with E-state index in [1.807, 2.05) is 32.2 Å². The lowest BCUT2D eigenvalue weighted by Gasteiger charge is -2.06. The highest BCUT2D eigenvalue weighted by Crippen LogP contribution is 2.31. The number of hydrogen-bond acceptors (Lipinski definition) is 2. The second kappa shape index (κ2) is 5.77. The number of rotatable bonds is 3. The highest BCUT2D eigenvalue weighted by molar-refractivity contribution is 5.86. The first-order valence-corrected chi connectivity index (χ1v) is 8.40. The first-order valence-electron chi connectivity index (χ1n) is 8.40. The lowest BCUT2D eigenvalue weighted by Crippen LogP contribution is -2.21. The van der Waals surface area contributed by atoms with Crippen LogP contribution in [0, 0.1) is 6.92 Å². The molecule has 0 aliphatic rings. The number of nitrogens with zero attached hydrogens (tertiary/aromatic N) is 3. The smallest absolute Gasteiger partial charge is 0.328 e. The van der Waals surface area contributed by atoms with Crippen LogP contribution in [0.25, 0.3) is 33.5 Å². The van der Waals surface area contributed by atoms with E-state index in [-0.39, 0.29) is 5.69 Å². The number of aryl methyl sites for hydroxylation is 3. The van der Waals surface area contributed by atoms with Gasteiger partial charge in [-0.1, -0.05) is 29.8 Å². The molecule has 126 valence electrons. The molecule has 2 aromatic carbocycles. The third-order valence-corrected chi connectivity index (χ3v) is 4.68. The maximum absolute atomic E-state index is 12.3. The van der Waals surface area contributed by atoms with Gasteiger partial charge in [-0.15, -0.1) is 0 Å². The maximum atomic E-state index is 12.3. The largest absolute Gasteiger partial charge is 0.344 e. The Labute approximate surface area is 145 Å². The number of aromatic amines is 1. The lowest BCUT2D eigenvalue weighted by molar-refractivity contribution is 0.712. The summed E-state index contributed by atoms with van der Waals surface area (Å²) >= 11 is 0. The van der Waals surface area contributed by atoms with Crippen LogP contribution in [0.5, 0.6) is 0 Å². The average molecular weight is 332 g/mol. The Bertz CT molecular complexity index is 1130. The molecular formula is C20H20N4O. The summed E-state index contributed by atoms with van der Waals surface area (Å²) in [5.74, 6) is 0. The number of benzene rings is 2. The van der Waals surface area contributed by atoms with Gasteiger partial charge in [0.1, 0.15) is 0 Å². The minimum atomic E-state index is 0.0122. The molecule has 0 saturated carbocycles. The minimum absolute atomic E-state index is 0.0122. The summed E-state index contributed by atoms with van der Waals surface area (Å²) < 4.78 is 3.48. The number of nitrogens with one attached hydrogen (secondary N) is 1. The molecule has 2 aromatic heterocycles. The van der Waals surface area contributed by atoms with Gasteiger partial charge in [0.15, 0.2) is 0 Å². The number of imidazole rings is 2. The van der Waals surface area contributed by atoms with E-state index < -0.39 is 0 Å². The number of aromatic nitrogens is 4. The molecule has 0 aliphatic heterocycles. The zero-order valence-corrected chi connectivity index (χ0v) is 14.6. The fraction of sp³-hybridized carbons (Fsp3) is 0.200. The molecule has 4 rings (SSSR count). The van der Waals surface area contributed by atoms with Crippen LogP contribution in [0.1, 0.15) is 12.5 Å². The third kappa shape index (κ3) is 2.39. The highest BCUT2D eigenvalue weighted by Gasteiger charge is 2.14. The maximum Gasteiger partial charge on any atom is 0.328 e. The van der Waals surface area contributed by atoms with Crippen LogP contribution in [0.4, 0.5) is 0 Å². The van der Waals surface area contributed by atoms with Crippen LogP contribution >= 0.6 is 0 Å².